The summed E-state index contributed by atoms with van der Waals surface area (Å²) >= 11 is 0. The molecule has 3 atom stereocenters. The fourth-order valence-electron chi connectivity index (χ4n) is 4.97. The van der Waals surface area contributed by atoms with Gasteiger partial charge in [0.25, 0.3) is 0 Å². The van der Waals surface area contributed by atoms with Crippen molar-refractivity contribution in [3.8, 4) is 0 Å². The van der Waals surface area contributed by atoms with Crippen LogP contribution in [0, 0.1) is 23.2 Å². The molecule has 2 aliphatic carbocycles. The molecule has 20 heavy (non-hydrogen) atoms. The maximum Gasteiger partial charge on any atom is -0.0143 e. The molecule has 0 aliphatic heterocycles. The van der Waals surface area contributed by atoms with Crippen LogP contribution in [0.15, 0.2) is 23.8 Å². The largest absolute Gasteiger partial charge is 0.0996 e. The molecule has 0 nitrogen and oxygen atoms in total. The molecule has 0 amide bonds. The van der Waals surface area contributed by atoms with Crippen LogP contribution in [0.1, 0.15) is 79.1 Å². The predicted molar refractivity (Wildman–Crippen MR) is 89.8 cm³/mol. The summed E-state index contributed by atoms with van der Waals surface area (Å²) in [6.07, 6.45) is 13.3. The first-order valence-electron chi connectivity index (χ1n) is 8.81. The third kappa shape index (κ3) is 3.05. The standard InChI is InChI=1S/C20H34/c1-6-17-11-8-14-20(5)18(12-13-19(17)20)16(4)10-7-9-15(2)3/h6,15,18-19H,4,7-14H2,1-3,5H3/b17-6+. The predicted octanol–water partition coefficient (Wildman–Crippen LogP) is 6.53. The molecule has 0 heteroatoms. The molecule has 0 spiro atoms. The zero-order valence-corrected chi connectivity index (χ0v) is 14.2. The molecule has 2 saturated carbocycles. The van der Waals surface area contributed by atoms with Gasteiger partial charge >= 0.3 is 0 Å². The molecule has 2 rings (SSSR count). The van der Waals surface area contributed by atoms with E-state index in [2.05, 4.69) is 40.3 Å². The molecular weight excluding hydrogens is 240 g/mol. The zero-order valence-electron chi connectivity index (χ0n) is 14.2. The summed E-state index contributed by atoms with van der Waals surface area (Å²) in [6, 6.07) is 0. The lowest BCUT2D eigenvalue weighted by molar-refractivity contribution is 0.153. The van der Waals surface area contributed by atoms with Crippen molar-refractivity contribution in [2.75, 3.05) is 0 Å². The van der Waals surface area contributed by atoms with E-state index < -0.39 is 0 Å². The number of allylic oxidation sites excluding steroid dienone is 3. The zero-order chi connectivity index (χ0) is 14.8. The highest BCUT2D eigenvalue weighted by Gasteiger charge is 2.49. The van der Waals surface area contributed by atoms with Crippen LogP contribution in [-0.4, -0.2) is 0 Å². The van der Waals surface area contributed by atoms with Crippen LogP contribution >= 0.6 is 0 Å². The molecule has 114 valence electrons. The van der Waals surface area contributed by atoms with Crippen LogP contribution < -0.4 is 0 Å². The van der Waals surface area contributed by atoms with Gasteiger partial charge in [-0.1, -0.05) is 51.0 Å². The van der Waals surface area contributed by atoms with Gasteiger partial charge < -0.3 is 0 Å². The van der Waals surface area contributed by atoms with Gasteiger partial charge in [0.1, 0.15) is 0 Å². The first-order valence-corrected chi connectivity index (χ1v) is 8.81. The van der Waals surface area contributed by atoms with Crippen LogP contribution in [0.4, 0.5) is 0 Å². The molecule has 2 fully saturated rings. The van der Waals surface area contributed by atoms with E-state index in [4.69, 9.17) is 0 Å². The lowest BCUT2D eigenvalue weighted by Gasteiger charge is -2.43. The topological polar surface area (TPSA) is 0 Å². The van der Waals surface area contributed by atoms with Crippen molar-refractivity contribution in [1.29, 1.82) is 0 Å². The Morgan fingerprint density at radius 1 is 1.40 bits per heavy atom. The molecule has 0 bridgehead atoms. The Morgan fingerprint density at radius 2 is 2.15 bits per heavy atom. The summed E-state index contributed by atoms with van der Waals surface area (Å²) < 4.78 is 0. The minimum Gasteiger partial charge on any atom is -0.0996 e. The van der Waals surface area contributed by atoms with Gasteiger partial charge in [-0.25, -0.2) is 0 Å². The fraction of sp³-hybridized carbons (Fsp3) is 0.800. The lowest BCUT2D eigenvalue weighted by atomic mass is 9.62. The minimum absolute atomic E-state index is 0.523. The highest BCUT2D eigenvalue weighted by atomic mass is 14.5. The van der Waals surface area contributed by atoms with Gasteiger partial charge in [0.05, 0.1) is 0 Å². The van der Waals surface area contributed by atoms with Crippen molar-refractivity contribution in [2.45, 2.75) is 79.1 Å². The Morgan fingerprint density at radius 3 is 2.80 bits per heavy atom. The van der Waals surface area contributed by atoms with Crippen LogP contribution in [0.2, 0.25) is 0 Å². The first kappa shape index (κ1) is 15.9. The molecule has 2 aliphatic rings. The third-order valence-electron chi connectivity index (χ3n) is 6.11. The quantitative estimate of drug-likeness (QED) is 0.500. The molecule has 3 unspecified atom stereocenters. The molecule has 0 aromatic heterocycles. The summed E-state index contributed by atoms with van der Waals surface area (Å²) in [4.78, 5) is 0. The molecule has 0 aromatic carbocycles. The van der Waals surface area contributed by atoms with Crippen LogP contribution in [0.3, 0.4) is 0 Å². The number of rotatable bonds is 5. The second-order valence-electron chi connectivity index (χ2n) is 7.85. The second-order valence-corrected chi connectivity index (χ2v) is 7.85. The Bertz CT molecular complexity index is 373. The van der Waals surface area contributed by atoms with Crippen molar-refractivity contribution >= 4 is 0 Å². The average molecular weight is 274 g/mol. The molecular formula is C20H34. The Kier molecular flexibility index (Phi) is 5.15. The lowest BCUT2D eigenvalue weighted by Crippen LogP contribution is -2.33. The Balaban J connectivity index is 2.01. The smallest absolute Gasteiger partial charge is 0.0143 e. The van der Waals surface area contributed by atoms with Gasteiger partial charge in [-0.15, -0.1) is 0 Å². The fourth-order valence-corrected chi connectivity index (χ4v) is 4.97. The first-order chi connectivity index (χ1) is 9.49. The van der Waals surface area contributed by atoms with Crippen molar-refractivity contribution in [3.05, 3.63) is 23.8 Å². The van der Waals surface area contributed by atoms with E-state index in [0.29, 0.717) is 5.41 Å². The molecule has 0 aromatic rings. The van der Waals surface area contributed by atoms with Gasteiger partial charge in [0.2, 0.25) is 0 Å². The van der Waals surface area contributed by atoms with E-state index in [9.17, 15) is 0 Å². The summed E-state index contributed by atoms with van der Waals surface area (Å²) in [6.45, 7) is 14.0. The highest BCUT2D eigenvalue weighted by molar-refractivity contribution is 5.22. The van der Waals surface area contributed by atoms with E-state index >= 15 is 0 Å². The van der Waals surface area contributed by atoms with Gasteiger partial charge in [-0.05, 0) is 75.0 Å². The highest BCUT2D eigenvalue weighted by Crippen LogP contribution is 2.59. The van der Waals surface area contributed by atoms with Gasteiger partial charge in [0, 0.05) is 0 Å². The van der Waals surface area contributed by atoms with Crippen LogP contribution in [-0.2, 0) is 0 Å². The average Bonchev–Trinajstić information content (AvgIpc) is 2.75. The van der Waals surface area contributed by atoms with Crippen LogP contribution in [0.5, 0.6) is 0 Å². The number of hydrogen-bond donors (Lipinski definition) is 0. The summed E-state index contributed by atoms with van der Waals surface area (Å²) in [5.74, 6) is 2.47. The molecule has 0 radical (unpaired) electrons. The third-order valence-corrected chi connectivity index (χ3v) is 6.11. The second kappa shape index (κ2) is 6.50. The van der Waals surface area contributed by atoms with Crippen LogP contribution in [0.25, 0.3) is 0 Å². The van der Waals surface area contributed by atoms with E-state index in [1.54, 1.807) is 11.1 Å². The SMILES string of the molecule is C=C(CCCC(C)C)C1CCC2/C(=C/C)CCCC12C. The molecule has 0 heterocycles. The van der Waals surface area contributed by atoms with E-state index in [1.165, 1.54) is 51.4 Å². The minimum atomic E-state index is 0.523. The van der Waals surface area contributed by atoms with Crippen molar-refractivity contribution in [3.63, 3.8) is 0 Å². The van der Waals surface area contributed by atoms with E-state index in [0.717, 1.165) is 17.8 Å². The summed E-state index contributed by atoms with van der Waals surface area (Å²) in [5, 5.41) is 0. The van der Waals surface area contributed by atoms with Gasteiger partial charge in [-0.2, -0.15) is 0 Å². The molecule has 0 saturated heterocycles. The van der Waals surface area contributed by atoms with E-state index in [1.807, 2.05) is 0 Å². The summed E-state index contributed by atoms with van der Waals surface area (Å²) in [7, 11) is 0. The Labute approximate surface area is 126 Å². The van der Waals surface area contributed by atoms with Crippen molar-refractivity contribution in [1.82, 2.24) is 0 Å². The Hall–Kier alpha value is -0.520. The van der Waals surface area contributed by atoms with Crippen molar-refractivity contribution < 1.29 is 0 Å². The van der Waals surface area contributed by atoms with Gasteiger partial charge in [0.15, 0.2) is 0 Å². The maximum absolute atomic E-state index is 4.50. The number of fused-ring (bicyclic) bond motifs is 1. The van der Waals surface area contributed by atoms with E-state index in [-0.39, 0.29) is 0 Å². The molecule has 0 N–H and O–H groups in total. The normalized spacial score (nSPS) is 35.5. The number of hydrogen-bond acceptors (Lipinski definition) is 0. The monoisotopic (exact) mass is 274 g/mol. The maximum atomic E-state index is 4.50. The van der Waals surface area contributed by atoms with Gasteiger partial charge in [-0.3, -0.25) is 0 Å². The van der Waals surface area contributed by atoms with Crippen molar-refractivity contribution in [2.24, 2.45) is 23.2 Å². The summed E-state index contributed by atoms with van der Waals surface area (Å²) in [5.41, 5.74) is 3.83.